The van der Waals surface area contributed by atoms with Crippen molar-refractivity contribution >= 4 is 21.6 Å². The van der Waals surface area contributed by atoms with E-state index in [0.29, 0.717) is 0 Å². The Morgan fingerprint density at radius 1 is 1.50 bits per heavy atom. The molecular weight excluding hydrogens is 146 g/mol. The average Bonchev–Trinajstić information content (AvgIpc) is 2.54. The molecule has 10 heavy (non-hydrogen) atoms. The van der Waals surface area contributed by atoms with Crippen molar-refractivity contribution in [3.63, 3.8) is 0 Å². The van der Waals surface area contributed by atoms with Crippen LogP contribution in [-0.4, -0.2) is 4.98 Å². The van der Waals surface area contributed by atoms with E-state index in [2.05, 4.69) is 4.98 Å². The topological polar surface area (TPSA) is 32.9 Å². The van der Waals surface area contributed by atoms with Crippen LogP contribution in [0.15, 0.2) is 29.0 Å². The first-order chi connectivity index (χ1) is 6.52. The summed E-state index contributed by atoms with van der Waals surface area (Å²) in [5.41, 5.74) is 0.186. The molecule has 0 amide bonds. The average molecular weight is 155 g/mol. The summed E-state index contributed by atoms with van der Waals surface area (Å²) in [5, 5.41) is 0. The van der Waals surface area contributed by atoms with Crippen LogP contribution in [0.5, 0.6) is 0 Å². The molecule has 0 aliphatic carbocycles. The summed E-state index contributed by atoms with van der Waals surface area (Å²) >= 11 is 0.794. The van der Waals surface area contributed by atoms with Gasteiger partial charge in [0.2, 0.25) is 0 Å². The molecular formula is C7H5NOS. The Kier molecular flexibility index (Phi) is 0.562. The van der Waals surface area contributed by atoms with Crippen molar-refractivity contribution in [2.75, 3.05) is 0 Å². The number of hydrogen-bond acceptors (Lipinski definition) is 2. The Hall–Kier alpha value is -1.09. The van der Waals surface area contributed by atoms with E-state index in [-0.39, 0.29) is 39.3 Å². The van der Waals surface area contributed by atoms with Crippen LogP contribution in [0.25, 0.3) is 10.2 Å². The van der Waals surface area contributed by atoms with E-state index in [4.69, 9.17) is 5.48 Å². The van der Waals surface area contributed by atoms with Gasteiger partial charge in [-0.25, -0.2) is 0 Å². The summed E-state index contributed by atoms with van der Waals surface area (Å²) in [5.74, 6) is 0. The van der Waals surface area contributed by atoms with E-state index in [1.165, 1.54) is 0 Å². The zero-order chi connectivity index (χ0) is 10.5. The van der Waals surface area contributed by atoms with Gasteiger partial charge in [0.25, 0.3) is 0 Å². The normalized spacial score (nSPS) is 16.0. The molecule has 0 saturated heterocycles. The Morgan fingerprint density at radius 2 is 2.30 bits per heavy atom. The standard InChI is InChI=1S/C7H5NOS/c9-7-8-5-3-1-2-4-6(5)10-7/h1-4H,(H,8,9)/i1D,2D,3D,4D. The maximum Gasteiger partial charge on any atom is 0.305 e. The molecule has 0 atom stereocenters. The van der Waals surface area contributed by atoms with Crippen LogP contribution < -0.4 is 4.87 Å². The maximum absolute atomic E-state index is 11.0. The third kappa shape index (κ3) is 0.752. The van der Waals surface area contributed by atoms with Crippen molar-refractivity contribution < 1.29 is 5.48 Å². The van der Waals surface area contributed by atoms with Crippen LogP contribution in [0, 0.1) is 0 Å². The minimum atomic E-state index is -0.369. The highest BCUT2D eigenvalue weighted by Crippen LogP contribution is 2.11. The van der Waals surface area contributed by atoms with Crippen LogP contribution in [0.2, 0.25) is 0 Å². The minimum absolute atomic E-state index is 0.163. The molecule has 1 heterocycles. The molecule has 1 aromatic carbocycles. The number of rotatable bonds is 0. The smallest absolute Gasteiger partial charge is 0.305 e. The van der Waals surface area contributed by atoms with Gasteiger partial charge < -0.3 is 4.98 Å². The number of aromatic nitrogens is 1. The number of thiazole rings is 1. The minimum Gasteiger partial charge on any atom is -0.312 e. The zero-order valence-corrected chi connectivity index (χ0v) is 5.63. The SMILES string of the molecule is [2H]c1c([2H])c([2H])c2sc(=O)[nH]c2c1[2H]. The molecule has 0 radical (unpaired) electrons. The Morgan fingerprint density at radius 3 is 3.20 bits per heavy atom. The molecule has 2 rings (SSSR count). The van der Waals surface area contributed by atoms with Gasteiger partial charge in [-0.1, -0.05) is 23.4 Å². The monoisotopic (exact) mass is 155 g/mol. The first kappa shape index (κ1) is 2.88. The molecule has 1 aromatic heterocycles. The maximum atomic E-state index is 11.0. The van der Waals surface area contributed by atoms with Crippen LogP contribution in [0.3, 0.4) is 0 Å². The van der Waals surface area contributed by atoms with E-state index < -0.39 is 0 Å². The Labute approximate surface area is 66.8 Å². The summed E-state index contributed by atoms with van der Waals surface area (Å²) in [7, 11) is 0. The van der Waals surface area contributed by atoms with Gasteiger partial charge in [0, 0.05) is 0 Å². The summed E-state index contributed by atoms with van der Waals surface area (Å²) in [4.78, 5) is 13.0. The first-order valence-electron chi connectivity index (χ1n) is 4.61. The van der Waals surface area contributed by atoms with Crippen molar-refractivity contribution in [1.82, 2.24) is 4.98 Å². The number of H-pyrrole nitrogens is 1. The van der Waals surface area contributed by atoms with Gasteiger partial charge >= 0.3 is 4.87 Å². The molecule has 0 unspecified atom stereocenters. The van der Waals surface area contributed by atoms with Crippen molar-refractivity contribution in [2.24, 2.45) is 0 Å². The predicted octanol–water partition coefficient (Wildman–Crippen LogP) is 1.59. The summed E-state index contributed by atoms with van der Waals surface area (Å²) in [6.45, 7) is 0. The van der Waals surface area contributed by atoms with Crippen LogP contribution in [0.4, 0.5) is 0 Å². The van der Waals surface area contributed by atoms with Gasteiger partial charge in [-0.15, -0.1) is 0 Å². The van der Waals surface area contributed by atoms with E-state index in [9.17, 15) is 4.79 Å². The molecule has 2 nitrogen and oxygen atoms in total. The third-order valence-electron chi connectivity index (χ3n) is 1.07. The van der Waals surface area contributed by atoms with Crippen LogP contribution in [0.1, 0.15) is 5.48 Å². The van der Waals surface area contributed by atoms with Crippen molar-refractivity contribution in [3.8, 4) is 0 Å². The molecule has 2 aromatic rings. The predicted molar refractivity (Wildman–Crippen MR) is 42.4 cm³/mol. The summed E-state index contributed by atoms with van der Waals surface area (Å²) in [6.07, 6.45) is 0. The van der Waals surface area contributed by atoms with Crippen LogP contribution >= 0.6 is 11.3 Å². The number of aromatic amines is 1. The van der Waals surface area contributed by atoms with E-state index in [1.807, 2.05) is 0 Å². The Balaban J connectivity index is 3.08. The first-order valence-corrected chi connectivity index (χ1v) is 3.43. The second kappa shape index (κ2) is 1.95. The number of nitrogens with one attached hydrogen (secondary N) is 1. The lowest BCUT2D eigenvalue weighted by Crippen LogP contribution is -1.89. The fourth-order valence-electron chi connectivity index (χ4n) is 0.686. The lowest BCUT2D eigenvalue weighted by atomic mass is 10.3. The highest BCUT2D eigenvalue weighted by molar-refractivity contribution is 7.16. The van der Waals surface area contributed by atoms with E-state index in [0.717, 1.165) is 11.3 Å². The zero-order valence-electron chi connectivity index (χ0n) is 8.82. The summed E-state index contributed by atoms with van der Waals surface area (Å²) < 4.78 is 30.0. The van der Waals surface area contributed by atoms with Gasteiger partial charge in [-0.05, 0) is 12.1 Å². The largest absolute Gasteiger partial charge is 0.312 e. The van der Waals surface area contributed by atoms with Crippen molar-refractivity contribution in [2.45, 2.75) is 0 Å². The van der Waals surface area contributed by atoms with Crippen molar-refractivity contribution in [1.29, 1.82) is 0 Å². The molecule has 1 N–H and O–H groups in total. The van der Waals surface area contributed by atoms with Gasteiger partial charge in [-0.3, -0.25) is 4.79 Å². The van der Waals surface area contributed by atoms with Crippen LogP contribution in [-0.2, 0) is 0 Å². The van der Waals surface area contributed by atoms with Crippen molar-refractivity contribution in [3.05, 3.63) is 33.8 Å². The molecule has 0 aliphatic heterocycles. The Bertz CT molecular complexity index is 525. The van der Waals surface area contributed by atoms with Gasteiger partial charge in [0.15, 0.2) is 0 Å². The second-order valence-corrected chi connectivity index (χ2v) is 2.70. The molecule has 50 valence electrons. The fourth-order valence-corrected chi connectivity index (χ4v) is 1.33. The molecule has 0 fully saturated rings. The third-order valence-corrected chi connectivity index (χ3v) is 1.87. The van der Waals surface area contributed by atoms with E-state index in [1.54, 1.807) is 0 Å². The number of benzene rings is 1. The second-order valence-electron chi connectivity index (χ2n) is 1.72. The number of para-hydroxylation sites is 1. The number of fused-ring (bicyclic) bond motifs is 1. The van der Waals surface area contributed by atoms with E-state index >= 15 is 0 Å². The molecule has 0 aliphatic rings. The highest BCUT2D eigenvalue weighted by atomic mass is 32.1. The lowest BCUT2D eigenvalue weighted by Gasteiger charge is -1.81. The number of hydrogen-bond donors (Lipinski definition) is 1. The highest BCUT2D eigenvalue weighted by Gasteiger charge is 1.93. The summed E-state index contributed by atoms with van der Waals surface area (Å²) in [6, 6.07) is -0.988. The molecule has 0 saturated carbocycles. The van der Waals surface area contributed by atoms with Gasteiger partial charge in [-0.2, -0.15) is 0 Å². The molecule has 3 heteroatoms. The fraction of sp³-hybridized carbons (Fsp3) is 0. The lowest BCUT2D eigenvalue weighted by molar-refractivity contribution is 1.41. The molecule has 0 bridgehead atoms. The van der Waals surface area contributed by atoms with Gasteiger partial charge in [0.1, 0.15) is 0 Å². The molecule has 0 spiro atoms. The quantitative estimate of drug-likeness (QED) is 0.615. The van der Waals surface area contributed by atoms with Gasteiger partial charge in [0.05, 0.1) is 15.7 Å².